The van der Waals surface area contributed by atoms with E-state index in [1.165, 1.54) is 7.11 Å². The van der Waals surface area contributed by atoms with Gasteiger partial charge in [-0.2, -0.15) is 0 Å². The maximum absolute atomic E-state index is 11.7. The maximum atomic E-state index is 11.7. The van der Waals surface area contributed by atoms with Gasteiger partial charge in [0.05, 0.1) is 12.5 Å². The Balaban J connectivity index is 2.08. The van der Waals surface area contributed by atoms with E-state index in [1.807, 2.05) is 12.1 Å². The molecular weight excluding hydrogens is 256 g/mol. The quantitative estimate of drug-likeness (QED) is 0.793. The largest absolute Gasteiger partial charge is 0.492 e. The summed E-state index contributed by atoms with van der Waals surface area (Å²) >= 11 is 0. The second-order valence-electron chi connectivity index (χ2n) is 5.76. The molecule has 4 heteroatoms. The van der Waals surface area contributed by atoms with E-state index in [4.69, 9.17) is 9.47 Å². The first-order chi connectivity index (χ1) is 9.44. The van der Waals surface area contributed by atoms with Crippen molar-refractivity contribution in [3.63, 3.8) is 0 Å². The fourth-order valence-electron chi connectivity index (χ4n) is 2.31. The maximum Gasteiger partial charge on any atom is 0.314 e. The topological polar surface area (TPSA) is 52.6 Å². The van der Waals surface area contributed by atoms with Gasteiger partial charge in [-0.05, 0) is 50.5 Å². The smallest absolute Gasteiger partial charge is 0.314 e. The Morgan fingerprint density at radius 3 is 2.75 bits per heavy atom. The molecule has 0 bridgehead atoms. The van der Waals surface area contributed by atoms with Gasteiger partial charge in [0.2, 0.25) is 0 Å². The number of hydrogen-bond donors (Lipinski definition) is 0. The Kier molecular flexibility index (Phi) is 4.12. The molecule has 2 rings (SSSR count). The van der Waals surface area contributed by atoms with Gasteiger partial charge in [-0.15, -0.1) is 0 Å². The average molecular weight is 276 g/mol. The van der Waals surface area contributed by atoms with Gasteiger partial charge >= 0.3 is 5.97 Å². The van der Waals surface area contributed by atoms with Crippen LogP contribution in [0.1, 0.15) is 42.6 Å². The molecule has 1 aromatic carbocycles. The third kappa shape index (κ3) is 3.00. The van der Waals surface area contributed by atoms with Gasteiger partial charge in [0, 0.05) is 12.0 Å². The van der Waals surface area contributed by atoms with Crippen LogP contribution in [0.2, 0.25) is 0 Å². The van der Waals surface area contributed by atoms with Crippen molar-refractivity contribution in [1.29, 1.82) is 0 Å². The number of fused-ring (bicyclic) bond motifs is 1. The third-order valence-corrected chi connectivity index (χ3v) is 3.56. The molecule has 0 amide bonds. The van der Waals surface area contributed by atoms with Crippen LogP contribution in [0.4, 0.5) is 0 Å². The number of rotatable bonds is 4. The zero-order valence-electron chi connectivity index (χ0n) is 12.2. The molecule has 0 saturated carbocycles. The number of ketones is 1. The minimum atomic E-state index is -0.694. The van der Waals surface area contributed by atoms with Crippen molar-refractivity contribution in [1.82, 2.24) is 0 Å². The van der Waals surface area contributed by atoms with Crippen molar-refractivity contribution >= 4 is 11.8 Å². The van der Waals surface area contributed by atoms with Crippen molar-refractivity contribution < 1.29 is 19.1 Å². The number of Topliss-reactive ketones (excluding diaryl/α,β-unsaturated/α-hetero) is 1. The van der Waals surface area contributed by atoms with E-state index in [-0.39, 0.29) is 18.4 Å². The molecule has 20 heavy (non-hydrogen) atoms. The second-order valence-corrected chi connectivity index (χ2v) is 5.76. The monoisotopic (exact) mass is 276 g/mol. The highest BCUT2D eigenvalue weighted by molar-refractivity contribution is 5.98. The molecule has 0 aromatic heterocycles. The summed E-state index contributed by atoms with van der Waals surface area (Å²) < 4.78 is 10.4. The van der Waals surface area contributed by atoms with Gasteiger partial charge in [0.1, 0.15) is 12.4 Å². The van der Waals surface area contributed by atoms with E-state index in [0.717, 1.165) is 24.0 Å². The van der Waals surface area contributed by atoms with Gasteiger partial charge < -0.3 is 9.47 Å². The van der Waals surface area contributed by atoms with Crippen molar-refractivity contribution in [2.45, 2.75) is 33.1 Å². The fraction of sp³-hybridized carbons (Fsp3) is 0.500. The van der Waals surface area contributed by atoms with Crippen LogP contribution >= 0.6 is 0 Å². The molecule has 0 unspecified atom stereocenters. The number of aryl methyl sites for hydroxylation is 1. The number of carbonyl (C=O) groups is 2. The molecule has 0 N–H and O–H groups in total. The molecule has 0 heterocycles. The fourth-order valence-corrected chi connectivity index (χ4v) is 2.31. The molecular formula is C16H20O4. The SMILES string of the molecule is COC(=O)C(C)(C)COc1ccc2c(c1)CCCC2=O. The van der Waals surface area contributed by atoms with Crippen LogP contribution < -0.4 is 4.74 Å². The number of ether oxygens (including phenoxy) is 2. The first kappa shape index (κ1) is 14.6. The number of hydrogen-bond acceptors (Lipinski definition) is 4. The van der Waals surface area contributed by atoms with Crippen molar-refractivity contribution in [2.75, 3.05) is 13.7 Å². The summed E-state index contributed by atoms with van der Waals surface area (Å²) in [6.07, 6.45) is 2.42. The summed E-state index contributed by atoms with van der Waals surface area (Å²) in [7, 11) is 1.37. The van der Waals surface area contributed by atoms with E-state index in [1.54, 1.807) is 19.9 Å². The molecule has 0 spiro atoms. The van der Waals surface area contributed by atoms with Gasteiger partial charge in [-0.3, -0.25) is 9.59 Å². The van der Waals surface area contributed by atoms with Crippen LogP contribution in [0.25, 0.3) is 0 Å². The lowest BCUT2D eigenvalue weighted by molar-refractivity contribution is -0.152. The standard InChI is InChI=1S/C16H20O4/c1-16(2,15(18)19-3)10-20-12-7-8-13-11(9-12)5-4-6-14(13)17/h7-9H,4-6,10H2,1-3H3. The number of esters is 1. The molecule has 0 radical (unpaired) electrons. The molecule has 0 atom stereocenters. The number of benzene rings is 1. The lowest BCUT2D eigenvalue weighted by atomic mass is 9.90. The number of methoxy groups -OCH3 is 1. The summed E-state index contributed by atoms with van der Waals surface area (Å²) in [6, 6.07) is 5.51. The first-order valence-corrected chi connectivity index (χ1v) is 6.81. The Morgan fingerprint density at radius 1 is 1.30 bits per heavy atom. The molecule has 0 fully saturated rings. The zero-order chi connectivity index (χ0) is 14.8. The van der Waals surface area contributed by atoms with Crippen molar-refractivity contribution in [3.8, 4) is 5.75 Å². The van der Waals surface area contributed by atoms with E-state index < -0.39 is 5.41 Å². The molecule has 4 nitrogen and oxygen atoms in total. The molecule has 0 saturated heterocycles. The average Bonchev–Trinajstić information content (AvgIpc) is 2.44. The normalized spacial score (nSPS) is 14.7. The second kappa shape index (κ2) is 5.65. The van der Waals surface area contributed by atoms with Crippen LogP contribution in [0.5, 0.6) is 5.75 Å². The van der Waals surface area contributed by atoms with Crippen LogP contribution in [0.15, 0.2) is 18.2 Å². The zero-order valence-corrected chi connectivity index (χ0v) is 12.2. The highest BCUT2D eigenvalue weighted by Crippen LogP contribution is 2.27. The van der Waals surface area contributed by atoms with Crippen LogP contribution in [0, 0.1) is 5.41 Å². The van der Waals surface area contributed by atoms with E-state index in [9.17, 15) is 9.59 Å². The van der Waals surface area contributed by atoms with Gasteiger partial charge in [0.15, 0.2) is 5.78 Å². The first-order valence-electron chi connectivity index (χ1n) is 6.81. The molecule has 1 aromatic rings. The lowest BCUT2D eigenvalue weighted by Gasteiger charge is -2.22. The summed E-state index contributed by atoms with van der Waals surface area (Å²) in [5.41, 5.74) is 1.14. The Morgan fingerprint density at radius 2 is 2.05 bits per heavy atom. The Bertz CT molecular complexity index is 531. The predicted octanol–water partition coefficient (Wildman–Crippen LogP) is 2.78. The van der Waals surface area contributed by atoms with E-state index >= 15 is 0 Å². The summed E-state index contributed by atoms with van der Waals surface area (Å²) in [5, 5.41) is 0. The molecule has 1 aliphatic rings. The Labute approximate surface area is 119 Å². The minimum Gasteiger partial charge on any atom is -0.492 e. The number of carbonyl (C=O) groups excluding carboxylic acids is 2. The predicted molar refractivity (Wildman–Crippen MR) is 75.0 cm³/mol. The van der Waals surface area contributed by atoms with Gasteiger partial charge in [0.25, 0.3) is 0 Å². The van der Waals surface area contributed by atoms with Gasteiger partial charge in [-0.25, -0.2) is 0 Å². The third-order valence-electron chi connectivity index (χ3n) is 3.56. The van der Waals surface area contributed by atoms with Crippen LogP contribution in [-0.2, 0) is 16.0 Å². The highest BCUT2D eigenvalue weighted by Gasteiger charge is 2.30. The summed E-state index contributed by atoms with van der Waals surface area (Å²) in [5.74, 6) is 0.591. The molecule has 0 aliphatic heterocycles. The summed E-state index contributed by atoms with van der Waals surface area (Å²) in [6.45, 7) is 3.80. The van der Waals surface area contributed by atoms with E-state index in [0.29, 0.717) is 12.2 Å². The Hall–Kier alpha value is -1.84. The molecule has 1 aliphatic carbocycles. The highest BCUT2D eigenvalue weighted by atomic mass is 16.5. The molecule has 108 valence electrons. The van der Waals surface area contributed by atoms with Crippen LogP contribution in [0.3, 0.4) is 0 Å². The van der Waals surface area contributed by atoms with Crippen molar-refractivity contribution in [2.24, 2.45) is 5.41 Å². The van der Waals surface area contributed by atoms with E-state index in [2.05, 4.69) is 0 Å². The van der Waals surface area contributed by atoms with Gasteiger partial charge in [-0.1, -0.05) is 0 Å². The van der Waals surface area contributed by atoms with Crippen molar-refractivity contribution in [3.05, 3.63) is 29.3 Å². The minimum absolute atomic E-state index is 0.202. The lowest BCUT2D eigenvalue weighted by Crippen LogP contribution is -2.32. The summed E-state index contributed by atoms with van der Waals surface area (Å²) in [4.78, 5) is 23.3. The van der Waals surface area contributed by atoms with Crippen LogP contribution in [-0.4, -0.2) is 25.5 Å².